The lowest BCUT2D eigenvalue weighted by Crippen LogP contribution is -2.73. The third-order valence-corrected chi connectivity index (χ3v) is 6.59. The average Bonchev–Trinajstić information content (AvgIpc) is 2.81. The average molecular weight is 448 g/mol. The number of nitrogens with zero attached hydrogens (tertiary/aromatic N) is 2. The Morgan fingerprint density at radius 3 is 2.45 bits per heavy atom. The molecule has 2 aliphatic heterocycles. The van der Waals surface area contributed by atoms with Crippen LogP contribution in [-0.4, -0.2) is 58.5 Å². The molecule has 0 radical (unpaired) electrons. The van der Waals surface area contributed by atoms with Gasteiger partial charge in [-0.15, -0.1) is 0 Å². The van der Waals surface area contributed by atoms with Crippen molar-refractivity contribution in [2.24, 2.45) is 0 Å². The van der Waals surface area contributed by atoms with E-state index >= 15 is 0 Å². The van der Waals surface area contributed by atoms with Crippen LogP contribution in [0, 0.1) is 11.6 Å². The number of aliphatic hydroxyl groups excluding tert-OH is 1. The molecule has 3 aromatic rings. The third kappa shape index (κ3) is 3.68. The number of carbonyl (C=O) groups excluding carboxylic acids is 2. The van der Waals surface area contributed by atoms with Gasteiger partial charge in [-0.05, 0) is 35.4 Å². The van der Waals surface area contributed by atoms with Crippen LogP contribution >= 0.6 is 0 Å². The maximum Gasteiger partial charge on any atom is 0.254 e. The number of aliphatic hydroxyl groups is 1. The SMILES string of the molecule is O=C(c1cccc(F)c1)N1CC(=O)N2[C@@H](CO)[C@@H](c3ccc(-c4ccccc4F)cc3)[C@@H]2C1. The predicted octanol–water partition coefficient (Wildman–Crippen LogP) is 3.44. The molecule has 0 saturated carbocycles. The molecule has 2 fully saturated rings. The standard InChI is InChI=1S/C26H22F2N2O3/c27-19-5-3-4-18(12-19)26(33)29-13-22-25(23(15-31)30(22)24(32)14-29)17-10-8-16(9-11-17)20-6-1-2-7-21(20)28/h1-12,22-23,25,31H,13-15H2/t22-,23-,25-/m0/s1. The van der Waals surface area contributed by atoms with Crippen LogP contribution in [0.2, 0.25) is 0 Å². The Kier molecular flexibility index (Phi) is 5.42. The Morgan fingerprint density at radius 2 is 1.76 bits per heavy atom. The fraction of sp³-hybridized carbons (Fsp3) is 0.231. The summed E-state index contributed by atoms with van der Waals surface area (Å²) in [5, 5.41) is 9.96. The molecule has 3 atom stereocenters. The molecule has 2 amide bonds. The predicted molar refractivity (Wildman–Crippen MR) is 118 cm³/mol. The summed E-state index contributed by atoms with van der Waals surface area (Å²) >= 11 is 0. The van der Waals surface area contributed by atoms with Gasteiger partial charge in [0, 0.05) is 23.6 Å². The monoisotopic (exact) mass is 448 g/mol. The van der Waals surface area contributed by atoms with Crippen molar-refractivity contribution < 1.29 is 23.5 Å². The van der Waals surface area contributed by atoms with Crippen LogP contribution in [0.25, 0.3) is 11.1 Å². The normalized spacial score (nSPS) is 22.0. The van der Waals surface area contributed by atoms with Gasteiger partial charge in [0.25, 0.3) is 5.91 Å². The quantitative estimate of drug-likeness (QED) is 0.665. The second kappa shape index (κ2) is 8.41. The van der Waals surface area contributed by atoms with Crippen LogP contribution < -0.4 is 0 Å². The molecule has 0 spiro atoms. The van der Waals surface area contributed by atoms with E-state index < -0.39 is 11.7 Å². The van der Waals surface area contributed by atoms with Gasteiger partial charge in [0.05, 0.1) is 18.7 Å². The summed E-state index contributed by atoms with van der Waals surface area (Å²) in [6.07, 6.45) is 0. The van der Waals surface area contributed by atoms with Crippen LogP contribution in [0.3, 0.4) is 0 Å². The molecule has 3 aromatic carbocycles. The molecule has 0 aliphatic carbocycles. The Labute approximate surface area is 189 Å². The maximum atomic E-state index is 14.1. The lowest BCUT2D eigenvalue weighted by molar-refractivity contribution is -0.159. The summed E-state index contributed by atoms with van der Waals surface area (Å²) in [6.45, 7) is -0.0155. The third-order valence-electron chi connectivity index (χ3n) is 6.59. The number of fused-ring (bicyclic) bond motifs is 1. The molecule has 2 saturated heterocycles. The largest absolute Gasteiger partial charge is 0.394 e. The molecule has 2 heterocycles. The van der Waals surface area contributed by atoms with Crippen LogP contribution in [0.1, 0.15) is 21.8 Å². The summed E-state index contributed by atoms with van der Waals surface area (Å²) < 4.78 is 27.7. The van der Waals surface area contributed by atoms with E-state index in [0.717, 1.165) is 17.2 Å². The highest BCUT2D eigenvalue weighted by atomic mass is 19.1. The van der Waals surface area contributed by atoms with Gasteiger partial charge >= 0.3 is 0 Å². The van der Waals surface area contributed by atoms with E-state index in [0.29, 0.717) is 5.56 Å². The summed E-state index contributed by atoms with van der Waals surface area (Å²) in [4.78, 5) is 28.8. The van der Waals surface area contributed by atoms with Crippen LogP contribution in [0.4, 0.5) is 8.78 Å². The number of halogens is 2. The molecule has 0 unspecified atom stereocenters. The van der Waals surface area contributed by atoms with Gasteiger partial charge in [-0.2, -0.15) is 0 Å². The maximum absolute atomic E-state index is 14.1. The molecule has 168 valence electrons. The van der Waals surface area contributed by atoms with Crippen molar-refractivity contribution >= 4 is 11.8 Å². The highest BCUT2D eigenvalue weighted by Gasteiger charge is 2.54. The van der Waals surface area contributed by atoms with E-state index in [9.17, 15) is 23.5 Å². The molecule has 1 N–H and O–H groups in total. The lowest BCUT2D eigenvalue weighted by Gasteiger charge is -2.58. The van der Waals surface area contributed by atoms with Gasteiger partial charge in [-0.3, -0.25) is 9.59 Å². The second-order valence-electron chi connectivity index (χ2n) is 8.44. The van der Waals surface area contributed by atoms with Crippen molar-refractivity contribution in [2.45, 2.75) is 18.0 Å². The molecular weight excluding hydrogens is 426 g/mol. The molecule has 5 rings (SSSR count). The number of rotatable bonds is 4. The molecule has 5 nitrogen and oxygen atoms in total. The number of hydrogen-bond donors (Lipinski definition) is 1. The Morgan fingerprint density at radius 1 is 1.00 bits per heavy atom. The zero-order valence-electron chi connectivity index (χ0n) is 17.7. The minimum atomic E-state index is -0.511. The van der Waals surface area contributed by atoms with Gasteiger partial charge in [-0.25, -0.2) is 8.78 Å². The smallest absolute Gasteiger partial charge is 0.254 e. The van der Waals surface area contributed by atoms with Gasteiger partial charge in [0.15, 0.2) is 0 Å². The van der Waals surface area contributed by atoms with Crippen LogP contribution in [-0.2, 0) is 4.79 Å². The molecular formula is C26H22F2N2O3. The Hall–Kier alpha value is -3.58. The summed E-state index contributed by atoms with van der Waals surface area (Å²) in [7, 11) is 0. The fourth-order valence-electron chi connectivity index (χ4n) is 5.04. The molecule has 0 bridgehead atoms. The first kappa shape index (κ1) is 21.3. The van der Waals surface area contributed by atoms with Crippen LogP contribution in [0.5, 0.6) is 0 Å². The Balaban J connectivity index is 1.40. The minimum absolute atomic E-state index is 0.110. The topological polar surface area (TPSA) is 60.9 Å². The number of benzene rings is 3. The molecule has 2 aliphatic rings. The summed E-state index contributed by atoms with van der Waals surface area (Å²) in [5.74, 6) is -1.63. The lowest BCUT2D eigenvalue weighted by atomic mass is 9.73. The van der Waals surface area contributed by atoms with Crippen molar-refractivity contribution in [1.82, 2.24) is 9.80 Å². The van der Waals surface area contributed by atoms with Crippen molar-refractivity contribution in [1.29, 1.82) is 0 Å². The highest BCUT2D eigenvalue weighted by molar-refractivity contribution is 5.97. The second-order valence-corrected chi connectivity index (χ2v) is 8.44. The molecule has 7 heteroatoms. The first-order valence-electron chi connectivity index (χ1n) is 10.8. The molecule has 33 heavy (non-hydrogen) atoms. The van der Waals surface area contributed by atoms with E-state index in [1.54, 1.807) is 23.1 Å². The van der Waals surface area contributed by atoms with E-state index in [2.05, 4.69) is 0 Å². The number of hydrogen-bond acceptors (Lipinski definition) is 3. The Bertz CT molecular complexity index is 1210. The molecule has 0 aromatic heterocycles. The number of amides is 2. The first-order valence-corrected chi connectivity index (χ1v) is 10.8. The van der Waals surface area contributed by atoms with Gasteiger partial charge < -0.3 is 14.9 Å². The fourth-order valence-corrected chi connectivity index (χ4v) is 5.04. The van der Waals surface area contributed by atoms with E-state index in [-0.39, 0.29) is 55.0 Å². The minimum Gasteiger partial charge on any atom is -0.394 e. The van der Waals surface area contributed by atoms with Crippen molar-refractivity contribution in [3.63, 3.8) is 0 Å². The van der Waals surface area contributed by atoms with Gasteiger partial charge in [-0.1, -0.05) is 48.5 Å². The van der Waals surface area contributed by atoms with E-state index in [1.165, 1.54) is 29.2 Å². The summed E-state index contributed by atoms with van der Waals surface area (Å²) in [6, 6.07) is 18.7. The van der Waals surface area contributed by atoms with Crippen molar-refractivity contribution in [2.75, 3.05) is 19.7 Å². The first-order chi connectivity index (χ1) is 16.0. The number of piperazine rings is 1. The number of carbonyl (C=O) groups is 2. The van der Waals surface area contributed by atoms with Crippen molar-refractivity contribution in [3.8, 4) is 11.1 Å². The van der Waals surface area contributed by atoms with E-state index in [1.807, 2.05) is 24.3 Å². The zero-order valence-corrected chi connectivity index (χ0v) is 17.7. The zero-order chi connectivity index (χ0) is 23.1. The van der Waals surface area contributed by atoms with Crippen LogP contribution in [0.15, 0.2) is 72.8 Å². The van der Waals surface area contributed by atoms with E-state index in [4.69, 9.17) is 0 Å². The van der Waals surface area contributed by atoms with Crippen molar-refractivity contribution in [3.05, 3.63) is 95.6 Å². The van der Waals surface area contributed by atoms with Gasteiger partial charge in [0.2, 0.25) is 5.91 Å². The summed E-state index contributed by atoms with van der Waals surface area (Å²) in [5.41, 5.74) is 2.33. The highest BCUT2D eigenvalue weighted by Crippen LogP contribution is 2.43. The van der Waals surface area contributed by atoms with Gasteiger partial charge in [0.1, 0.15) is 18.2 Å².